The highest BCUT2D eigenvalue weighted by Crippen LogP contribution is 2.31. The number of carbonyl (C=O) groups is 1. The lowest BCUT2D eigenvalue weighted by Crippen LogP contribution is -2.20. The molecule has 0 radical (unpaired) electrons. The summed E-state index contributed by atoms with van der Waals surface area (Å²) < 4.78 is 32.2. The van der Waals surface area contributed by atoms with E-state index < -0.39 is 22.8 Å². The van der Waals surface area contributed by atoms with Gasteiger partial charge in [-0.25, -0.2) is 8.60 Å². The van der Waals surface area contributed by atoms with Crippen molar-refractivity contribution < 1.29 is 22.9 Å². The Labute approximate surface area is 217 Å². The van der Waals surface area contributed by atoms with Gasteiger partial charge in [0.05, 0.1) is 10.6 Å². The van der Waals surface area contributed by atoms with Gasteiger partial charge in [0.15, 0.2) is 11.7 Å². The number of halogens is 2. The number of hydrogen-bond donors (Lipinski definition) is 4. The van der Waals surface area contributed by atoms with Crippen LogP contribution in [0.15, 0.2) is 82.4 Å². The Morgan fingerprint density at radius 2 is 1.83 bits per heavy atom. The summed E-state index contributed by atoms with van der Waals surface area (Å²) in [7, 11) is 1.50. The second-order valence-electron chi connectivity index (χ2n) is 7.18. The highest BCUT2D eigenvalue weighted by molar-refractivity contribution is 14.1. The van der Waals surface area contributed by atoms with Crippen LogP contribution in [0.4, 0.5) is 10.1 Å². The quantitative estimate of drug-likeness (QED) is 0.102. The topological polar surface area (TPSA) is 126 Å². The number of anilines is 1. The summed E-state index contributed by atoms with van der Waals surface area (Å²) in [5, 5.41) is 11.8. The predicted molar refractivity (Wildman–Crippen MR) is 142 cm³/mol. The summed E-state index contributed by atoms with van der Waals surface area (Å²) in [6.45, 7) is 1.49. The van der Waals surface area contributed by atoms with E-state index in [1.54, 1.807) is 66.7 Å². The van der Waals surface area contributed by atoms with E-state index >= 15 is 4.39 Å². The van der Waals surface area contributed by atoms with Crippen molar-refractivity contribution in [1.29, 1.82) is 0 Å². The van der Waals surface area contributed by atoms with Crippen molar-refractivity contribution in [2.45, 2.75) is 11.8 Å². The van der Waals surface area contributed by atoms with Crippen LogP contribution in [-0.4, -0.2) is 28.2 Å². The number of carbonyl (C=O) groups excluding carboxylic acids is 1. The zero-order valence-electron chi connectivity index (χ0n) is 18.7. The maximum atomic E-state index is 15.0. The number of amidine groups is 1. The molecule has 0 fully saturated rings. The van der Waals surface area contributed by atoms with Crippen LogP contribution in [0, 0.1) is 3.57 Å². The van der Waals surface area contributed by atoms with Gasteiger partial charge in [-0.05, 0) is 70.5 Å². The van der Waals surface area contributed by atoms with E-state index in [1.807, 2.05) is 28.1 Å². The van der Waals surface area contributed by atoms with Crippen molar-refractivity contribution >= 4 is 56.7 Å². The zero-order chi connectivity index (χ0) is 25.5. The first-order valence-corrected chi connectivity index (χ1v) is 12.3. The zero-order valence-corrected chi connectivity index (χ0v) is 21.7. The van der Waals surface area contributed by atoms with E-state index in [-0.39, 0.29) is 11.4 Å². The fourth-order valence-electron chi connectivity index (χ4n) is 3.30. The van der Waals surface area contributed by atoms with Gasteiger partial charge >= 0.3 is 0 Å². The number of rotatable bonds is 7. The fourth-order valence-corrected chi connectivity index (χ4v) is 4.61. The monoisotopic (exact) mass is 608 g/mol. The van der Waals surface area contributed by atoms with Crippen LogP contribution in [0.1, 0.15) is 18.1 Å². The van der Waals surface area contributed by atoms with Crippen molar-refractivity contribution in [1.82, 2.24) is 5.48 Å². The Bertz CT molecular complexity index is 1350. The van der Waals surface area contributed by atoms with Gasteiger partial charge in [0.1, 0.15) is 0 Å². The Morgan fingerprint density at radius 3 is 2.49 bits per heavy atom. The van der Waals surface area contributed by atoms with Crippen LogP contribution >= 0.6 is 22.6 Å². The third-order valence-electron chi connectivity index (χ3n) is 5.11. The molecule has 0 bridgehead atoms. The first-order chi connectivity index (χ1) is 16.8. The van der Waals surface area contributed by atoms with Crippen LogP contribution in [0.2, 0.25) is 0 Å². The molecule has 11 heteroatoms. The lowest BCUT2D eigenvalue weighted by Gasteiger charge is -2.12. The normalized spacial score (nSPS) is 13.1. The van der Waals surface area contributed by atoms with Gasteiger partial charge in [0.2, 0.25) is 11.1 Å². The molecule has 0 aliphatic rings. The SMILES string of the molecule is CN=C(NO)c1cccc(/C(C)=C(/F)C(=O)Nc2ccc(-c3ccccc3S(=O)ON)cc2I)c1. The molecule has 0 heterocycles. The molecular formula is C24H22FIN4O4S. The molecule has 8 nitrogen and oxygen atoms in total. The smallest absolute Gasteiger partial charge is 0.284 e. The van der Waals surface area contributed by atoms with Gasteiger partial charge in [-0.3, -0.25) is 20.5 Å². The van der Waals surface area contributed by atoms with Gasteiger partial charge < -0.3 is 5.32 Å². The largest absolute Gasteiger partial charge is 0.319 e. The number of nitrogens with two attached hydrogens (primary N) is 1. The molecule has 182 valence electrons. The first-order valence-electron chi connectivity index (χ1n) is 10.1. The van der Waals surface area contributed by atoms with E-state index in [1.165, 1.54) is 14.0 Å². The summed E-state index contributed by atoms with van der Waals surface area (Å²) in [6, 6.07) is 18.7. The van der Waals surface area contributed by atoms with Gasteiger partial charge in [-0.2, -0.15) is 10.2 Å². The second kappa shape index (κ2) is 12.1. The first kappa shape index (κ1) is 26.6. The lowest BCUT2D eigenvalue weighted by atomic mass is 10.0. The molecule has 0 spiro atoms. The summed E-state index contributed by atoms with van der Waals surface area (Å²) in [4.78, 5) is 17.0. The minimum absolute atomic E-state index is 0.127. The van der Waals surface area contributed by atoms with Gasteiger partial charge in [-0.15, -0.1) is 0 Å². The van der Waals surface area contributed by atoms with Crippen molar-refractivity contribution in [3.05, 3.63) is 87.3 Å². The van der Waals surface area contributed by atoms with Crippen LogP contribution in [-0.2, 0) is 20.2 Å². The number of nitrogens with zero attached hydrogens (tertiary/aromatic N) is 1. The highest BCUT2D eigenvalue weighted by atomic mass is 127. The Morgan fingerprint density at radius 1 is 1.11 bits per heavy atom. The average Bonchev–Trinajstić information content (AvgIpc) is 2.89. The molecule has 0 saturated carbocycles. The number of nitrogens with one attached hydrogen (secondary N) is 2. The van der Waals surface area contributed by atoms with Crippen LogP contribution in [0.25, 0.3) is 16.7 Å². The number of amides is 1. The number of allylic oxidation sites excluding steroid dienone is 1. The molecule has 3 aromatic rings. The van der Waals surface area contributed by atoms with Crippen molar-refractivity contribution in [3.8, 4) is 11.1 Å². The minimum Gasteiger partial charge on any atom is -0.319 e. The molecule has 1 unspecified atom stereocenters. The Hall–Kier alpha value is -2.97. The van der Waals surface area contributed by atoms with E-state index in [0.29, 0.717) is 30.8 Å². The summed E-state index contributed by atoms with van der Waals surface area (Å²) in [5.74, 6) is 3.44. The van der Waals surface area contributed by atoms with Crippen LogP contribution in [0.3, 0.4) is 0 Å². The third-order valence-corrected chi connectivity index (χ3v) is 6.89. The molecule has 0 aromatic heterocycles. The summed E-state index contributed by atoms with van der Waals surface area (Å²) >= 11 is 0.193. The number of benzene rings is 3. The summed E-state index contributed by atoms with van der Waals surface area (Å²) in [6.07, 6.45) is 0. The highest BCUT2D eigenvalue weighted by Gasteiger charge is 2.17. The number of hydroxylamine groups is 1. The molecule has 3 rings (SSSR count). The number of aliphatic imine (C=N–C) groups is 1. The molecule has 0 aliphatic heterocycles. The second-order valence-corrected chi connectivity index (χ2v) is 9.44. The predicted octanol–water partition coefficient (Wildman–Crippen LogP) is 4.57. The van der Waals surface area contributed by atoms with E-state index in [9.17, 15) is 14.2 Å². The molecule has 1 atom stereocenters. The third kappa shape index (κ3) is 6.18. The van der Waals surface area contributed by atoms with Crippen molar-refractivity contribution in [2.75, 3.05) is 12.4 Å². The minimum atomic E-state index is -1.83. The van der Waals surface area contributed by atoms with Gasteiger partial charge in [0, 0.05) is 21.7 Å². The Kier molecular flexibility index (Phi) is 9.23. The molecule has 0 saturated heterocycles. The van der Waals surface area contributed by atoms with Gasteiger partial charge in [0.25, 0.3) is 5.91 Å². The Balaban J connectivity index is 1.86. The molecule has 3 aromatic carbocycles. The van der Waals surface area contributed by atoms with Crippen LogP contribution in [0.5, 0.6) is 0 Å². The van der Waals surface area contributed by atoms with E-state index in [0.717, 1.165) is 5.56 Å². The molecule has 5 N–H and O–H groups in total. The average molecular weight is 608 g/mol. The van der Waals surface area contributed by atoms with Crippen LogP contribution < -0.4 is 16.7 Å². The van der Waals surface area contributed by atoms with Crippen molar-refractivity contribution in [2.24, 2.45) is 10.9 Å². The molecule has 35 heavy (non-hydrogen) atoms. The standard InChI is InChI=1S/C24H22FIN4O4S/c1-14(15-6-5-7-17(12-15)23(28-2)30-32)22(25)24(31)29-20-11-10-16(13-19(20)26)18-8-3-4-9-21(18)35(33)34-27/h3-13,32H,27H2,1-2H3,(H,28,30)(H,29,31)/b22-14+. The maximum absolute atomic E-state index is 15.0. The molecular weight excluding hydrogens is 586 g/mol. The molecule has 0 aliphatic carbocycles. The molecule has 1 amide bonds. The maximum Gasteiger partial charge on any atom is 0.284 e. The number of hydrogen-bond acceptors (Lipinski definition) is 6. The summed E-state index contributed by atoms with van der Waals surface area (Å²) in [5.41, 5.74) is 4.90. The lowest BCUT2D eigenvalue weighted by molar-refractivity contribution is -0.114. The van der Waals surface area contributed by atoms with Crippen molar-refractivity contribution in [3.63, 3.8) is 0 Å². The van der Waals surface area contributed by atoms with E-state index in [2.05, 4.69) is 14.6 Å². The fraction of sp³-hybridized carbons (Fsp3) is 0.0833. The van der Waals surface area contributed by atoms with E-state index in [4.69, 9.17) is 5.90 Å². The van der Waals surface area contributed by atoms with Gasteiger partial charge in [-0.1, -0.05) is 42.5 Å².